The molecular weight excluding hydrogens is 486 g/mol. The van der Waals surface area contributed by atoms with Gasteiger partial charge in [-0.05, 0) is 30.7 Å². The summed E-state index contributed by atoms with van der Waals surface area (Å²) in [5.74, 6) is 0.117. The van der Waals surface area contributed by atoms with Crippen molar-refractivity contribution in [1.29, 1.82) is 5.26 Å². The van der Waals surface area contributed by atoms with E-state index in [0.717, 1.165) is 40.0 Å². The number of nitriles is 1. The molecule has 0 aliphatic heterocycles. The van der Waals surface area contributed by atoms with Gasteiger partial charge in [0.1, 0.15) is 24.0 Å². The third kappa shape index (κ3) is 5.56. The number of aromatic nitrogens is 3. The molecule has 2 aromatic heterocycles. The number of anilines is 1. The molecule has 1 amide bonds. The van der Waals surface area contributed by atoms with Crippen molar-refractivity contribution in [3.8, 4) is 11.8 Å². The molecule has 1 N–H and O–H groups in total. The van der Waals surface area contributed by atoms with Crippen LogP contribution >= 0.6 is 11.5 Å². The fourth-order valence-electron chi connectivity index (χ4n) is 3.43. The van der Waals surface area contributed by atoms with Gasteiger partial charge in [0.05, 0.1) is 6.54 Å². The third-order valence-electron chi connectivity index (χ3n) is 5.13. The van der Waals surface area contributed by atoms with E-state index in [1.807, 2.05) is 72.3 Å². The van der Waals surface area contributed by atoms with Crippen molar-refractivity contribution in [3.63, 3.8) is 0 Å². The lowest BCUT2D eigenvalue weighted by molar-refractivity contribution is -0.112. The molecular formula is C24H21N5O4S2. The normalized spacial score (nSPS) is 11.9. The first-order valence-corrected chi connectivity index (χ1v) is 13.2. The lowest BCUT2D eigenvalue weighted by Gasteiger charge is -2.10. The van der Waals surface area contributed by atoms with Crippen molar-refractivity contribution in [3.05, 3.63) is 71.4 Å². The Hall–Kier alpha value is -4.01. The number of para-hydroxylation sites is 2. The Kier molecular flexibility index (Phi) is 6.95. The average Bonchev–Trinajstić information content (AvgIpc) is 3.44. The zero-order chi connectivity index (χ0) is 25.0. The Bertz CT molecular complexity index is 1580. The minimum absolute atomic E-state index is 0.00708. The Labute approximate surface area is 206 Å². The number of nitrogens with zero attached hydrogens (tertiary/aromatic N) is 4. The van der Waals surface area contributed by atoms with Gasteiger partial charge in [-0.1, -0.05) is 36.4 Å². The molecule has 0 aliphatic rings. The molecule has 35 heavy (non-hydrogen) atoms. The quantitative estimate of drug-likeness (QED) is 0.284. The first-order chi connectivity index (χ1) is 16.8. The van der Waals surface area contributed by atoms with Gasteiger partial charge in [0.2, 0.25) is 15.0 Å². The Balaban J connectivity index is 1.55. The summed E-state index contributed by atoms with van der Waals surface area (Å²) in [6.45, 7) is 3.00. The van der Waals surface area contributed by atoms with Crippen LogP contribution in [0.1, 0.15) is 11.1 Å². The number of aryl methyl sites for hydroxylation is 1. The fourth-order valence-corrected chi connectivity index (χ4v) is 4.87. The summed E-state index contributed by atoms with van der Waals surface area (Å²) in [5.41, 5.74) is 2.53. The van der Waals surface area contributed by atoms with Crippen LogP contribution in [0.2, 0.25) is 0 Å². The van der Waals surface area contributed by atoms with Crippen molar-refractivity contribution in [2.45, 2.75) is 18.6 Å². The zero-order valence-corrected chi connectivity index (χ0v) is 20.6. The van der Waals surface area contributed by atoms with Gasteiger partial charge in [0.25, 0.3) is 11.1 Å². The van der Waals surface area contributed by atoms with Gasteiger partial charge in [-0.15, -0.1) is 0 Å². The van der Waals surface area contributed by atoms with Crippen LogP contribution in [0.25, 0.3) is 17.0 Å². The van der Waals surface area contributed by atoms with Crippen molar-refractivity contribution >= 4 is 49.4 Å². The average molecular weight is 508 g/mol. The van der Waals surface area contributed by atoms with E-state index in [1.165, 1.54) is 6.08 Å². The summed E-state index contributed by atoms with van der Waals surface area (Å²) in [6.07, 6.45) is 4.33. The fraction of sp³-hybridized carbons (Fsp3) is 0.167. The maximum absolute atomic E-state index is 12.7. The van der Waals surface area contributed by atoms with Crippen molar-refractivity contribution in [1.82, 2.24) is 13.9 Å². The predicted molar refractivity (Wildman–Crippen MR) is 134 cm³/mol. The SMILES string of the molecule is Cc1ccccc1OCCn1cc(C=C(C#N)C(=O)Nc2nc(S(C)(=O)=O)ns2)c2ccccc21. The van der Waals surface area contributed by atoms with Gasteiger partial charge < -0.3 is 9.30 Å². The largest absolute Gasteiger partial charge is 0.491 e. The first kappa shape index (κ1) is 24.1. The molecule has 0 bridgehead atoms. The highest BCUT2D eigenvalue weighted by Crippen LogP contribution is 2.25. The summed E-state index contributed by atoms with van der Waals surface area (Å²) in [5, 5.41) is 12.5. The maximum atomic E-state index is 12.7. The Morgan fingerprint density at radius 1 is 1.23 bits per heavy atom. The molecule has 11 heteroatoms. The second-order valence-corrected chi connectivity index (χ2v) is 10.3. The van der Waals surface area contributed by atoms with Gasteiger partial charge in [0, 0.05) is 40.5 Å². The molecule has 9 nitrogen and oxygen atoms in total. The molecule has 0 saturated carbocycles. The number of hydrogen-bond acceptors (Lipinski definition) is 8. The minimum atomic E-state index is -3.60. The second-order valence-electron chi connectivity index (χ2n) is 7.69. The summed E-state index contributed by atoms with van der Waals surface area (Å²) in [6, 6.07) is 17.4. The van der Waals surface area contributed by atoms with Gasteiger partial charge >= 0.3 is 0 Å². The number of amides is 1. The van der Waals surface area contributed by atoms with E-state index in [1.54, 1.807) is 0 Å². The van der Waals surface area contributed by atoms with Crippen molar-refractivity contribution in [2.75, 3.05) is 18.2 Å². The van der Waals surface area contributed by atoms with Crippen LogP contribution in [0, 0.1) is 18.3 Å². The smallest absolute Gasteiger partial charge is 0.268 e. The number of sulfone groups is 1. The number of carbonyl (C=O) groups is 1. The van der Waals surface area contributed by atoms with Gasteiger partial charge in [-0.2, -0.15) is 14.6 Å². The van der Waals surface area contributed by atoms with E-state index in [0.29, 0.717) is 18.7 Å². The summed E-state index contributed by atoms with van der Waals surface area (Å²) in [4.78, 5) is 16.5. The molecule has 0 radical (unpaired) electrons. The topological polar surface area (TPSA) is 127 Å². The Morgan fingerprint density at radius 3 is 2.69 bits per heavy atom. The van der Waals surface area contributed by atoms with Crippen LogP contribution in [-0.2, 0) is 21.2 Å². The van der Waals surface area contributed by atoms with E-state index in [-0.39, 0.29) is 15.9 Å². The number of nitrogens with one attached hydrogen (secondary N) is 1. The van der Waals surface area contributed by atoms with Crippen LogP contribution in [0.3, 0.4) is 0 Å². The van der Waals surface area contributed by atoms with Gasteiger partial charge in [-0.25, -0.2) is 8.42 Å². The number of benzene rings is 2. The molecule has 2 heterocycles. The van der Waals surface area contributed by atoms with Gasteiger partial charge in [0.15, 0.2) is 0 Å². The first-order valence-electron chi connectivity index (χ1n) is 10.5. The summed E-state index contributed by atoms with van der Waals surface area (Å²) in [7, 11) is -3.60. The number of rotatable bonds is 8. The molecule has 4 rings (SSSR count). The van der Waals surface area contributed by atoms with Crippen LogP contribution in [0.4, 0.5) is 5.13 Å². The zero-order valence-electron chi connectivity index (χ0n) is 18.9. The van der Waals surface area contributed by atoms with E-state index < -0.39 is 15.7 Å². The number of ether oxygens (including phenoxy) is 1. The lowest BCUT2D eigenvalue weighted by atomic mass is 10.1. The molecule has 0 unspecified atom stereocenters. The van der Waals surface area contributed by atoms with Crippen molar-refractivity contribution < 1.29 is 17.9 Å². The Morgan fingerprint density at radius 2 is 1.97 bits per heavy atom. The molecule has 0 fully saturated rings. The second kappa shape index (κ2) is 10.1. The van der Waals surface area contributed by atoms with Crippen LogP contribution < -0.4 is 10.1 Å². The number of fused-ring (bicyclic) bond motifs is 1. The predicted octanol–water partition coefficient (Wildman–Crippen LogP) is 3.83. The lowest BCUT2D eigenvalue weighted by Crippen LogP contribution is -2.13. The summed E-state index contributed by atoms with van der Waals surface area (Å²) < 4.78 is 34.8. The van der Waals surface area contributed by atoms with Gasteiger partial charge in [-0.3, -0.25) is 10.1 Å². The molecule has 0 aliphatic carbocycles. The monoisotopic (exact) mass is 507 g/mol. The minimum Gasteiger partial charge on any atom is -0.491 e. The third-order valence-corrected chi connectivity index (χ3v) is 6.72. The highest BCUT2D eigenvalue weighted by Gasteiger charge is 2.18. The van der Waals surface area contributed by atoms with E-state index in [9.17, 15) is 18.5 Å². The van der Waals surface area contributed by atoms with E-state index >= 15 is 0 Å². The van der Waals surface area contributed by atoms with E-state index in [2.05, 4.69) is 14.7 Å². The highest BCUT2D eigenvalue weighted by molar-refractivity contribution is 7.90. The molecule has 0 spiro atoms. The standard InChI is InChI=1S/C24H21N5O4S2/c1-16-7-3-6-10-21(16)33-12-11-29-15-18(19-8-4-5-9-20(19)29)13-17(14-25)22(30)26-23-27-24(28-34-23)35(2,31)32/h3-10,13,15H,11-12H2,1-2H3,(H,26,27,28,30). The van der Waals surface area contributed by atoms with Crippen LogP contribution in [-0.4, -0.2) is 41.1 Å². The molecule has 178 valence electrons. The summed E-state index contributed by atoms with van der Waals surface area (Å²) >= 11 is 0.727. The van der Waals surface area contributed by atoms with E-state index in [4.69, 9.17) is 4.74 Å². The number of hydrogen-bond donors (Lipinski definition) is 1. The molecule has 0 saturated heterocycles. The molecule has 0 atom stereocenters. The maximum Gasteiger partial charge on any atom is 0.268 e. The molecule has 2 aromatic carbocycles. The van der Waals surface area contributed by atoms with Crippen LogP contribution in [0.5, 0.6) is 5.75 Å². The number of carbonyl (C=O) groups excluding carboxylic acids is 1. The van der Waals surface area contributed by atoms with Crippen molar-refractivity contribution in [2.24, 2.45) is 0 Å². The van der Waals surface area contributed by atoms with Crippen LogP contribution in [0.15, 0.2) is 65.5 Å². The molecule has 4 aromatic rings. The highest BCUT2D eigenvalue weighted by atomic mass is 32.2.